The Morgan fingerprint density at radius 3 is 2.83 bits per heavy atom. The van der Waals surface area contributed by atoms with Crippen LogP contribution < -0.4 is 15.4 Å². The average molecular weight is 392 g/mol. The molecule has 0 unspecified atom stereocenters. The molecule has 29 heavy (non-hydrogen) atoms. The first kappa shape index (κ1) is 17.2. The summed E-state index contributed by atoms with van der Waals surface area (Å²) >= 11 is 0. The summed E-state index contributed by atoms with van der Waals surface area (Å²) in [5.41, 5.74) is 0.289. The van der Waals surface area contributed by atoms with Crippen molar-refractivity contribution in [1.29, 1.82) is 0 Å². The highest BCUT2D eigenvalue weighted by molar-refractivity contribution is 6.08. The van der Waals surface area contributed by atoms with E-state index >= 15 is 0 Å². The van der Waals surface area contributed by atoms with Crippen molar-refractivity contribution in [2.24, 2.45) is 0 Å². The number of fused-ring (bicyclic) bond motifs is 2. The number of furan rings is 1. The summed E-state index contributed by atoms with van der Waals surface area (Å²) in [6.07, 6.45) is 3.14. The highest BCUT2D eigenvalue weighted by atomic mass is 16.5. The molecule has 1 atom stereocenters. The lowest BCUT2D eigenvalue weighted by Crippen LogP contribution is -2.52. The predicted octanol–water partition coefficient (Wildman–Crippen LogP) is 1.53. The van der Waals surface area contributed by atoms with Gasteiger partial charge in [-0.15, -0.1) is 0 Å². The van der Waals surface area contributed by atoms with Gasteiger partial charge in [0.05, 0.1) is 19.9 Å². The fourth-order valence-corrected chi connectivity index (χ4v) is 3.83. The van der Waals surface area contributed by atoms with E-state index in [1.165, 1.54) is 18.2 Å². The van der Waals surface area contributed by atoms with E-state index in [0.717, 1.165) is 10.9 Å². The molecule has 9 heteroatoms. The first-order valence-electron chi connectivity index (χ1n) is 8.94. The zero-order valence-electron chi connectivity index (χ0n) is 15.4. The third-order valence-corrected chi connectivity index (χ3v) is 5.31. The molecule has 2 N–H and O–H groups in total. The Morgan fingerprint density at radius 1 is 1.24 bits per heavy atom. The Hall–Kier alpha value is -3.88. The largest absolute Gasteiger partial charge is 0.497 e. The molecule has 4 amide bonds. The SMILES string of the molecule is COc1ccc2c(c1)C(=O)N(C[C@@]1(c3cc4ccncc4o3)NC(=O)NC1=O)C2. The summed E-state index contributed by atoms with van der Waals surface area (Å²) in [5.74, 6) is -0.00333. The van der Waals surface area contributed by atoms with E-state index in [2.05, 4.69) is 15.6 Å². The number of carbonyl (C=O) groups is 3. The Balaban J connectivity index is 1.54. The molecule has 0 spiro atoms. The van der Waals surface area contributed by atoms with Crippen molar-refractivity contribution in [3.05, 3.63) is 59.6 Å². The van der Waals surface area contributed by atoms with E-state index in [9.17, 15) is 14.4 Å². The number of benzene rings is 1. The van der Waals surface area contributed by atoms with Gasteiger partial charge in [-0.05, 0) is 29.8 Å². The van der Waals surface area contributed by atoms with Crippen LogP contribution in [0.25, 0.3) is 11.0 Å². The molecule has 1 fully saturated rings. The number of carbonyl (C=O) groups excluding carboxylic acids is 3. The molecule has 146 valence electrons. The van der Waals surface area contributed by atoms with Gasteiger partial charge in [0.15, 0.2) is 11.1 Å². The third kappa shape index (κ3) is 2.54. The number of urea groups is 1. The predicted molar refractivity (Wildman–Crippen MR) is 100 cm³/mol. The topological polar surface area (TPSA) is 114 Å². The molecule has 5 rings (SSSR count). The molecule has 0 aliphatic carbocycles. The van der Waals surface area contributed by atoms with Crippen LogP contribution in [0.1, 0.15) is 21.7 Å². The molecular weight excluding hydrogens is 376 g/mol. The van der Waals surface area contributed by atoms with Gasteiger partial charge in [-0.1, -0.05) is 6.07 Å². The Bertz CT molecular complexity index is 1150. The van der Waals surface area contributed by atoms with E-state index < -0.39 is 17.5 Å². The van der Waals surface area contributed by atoms with Crippen molar-refractivity contribution in [2.75, 3.05) is 13.7 Å². The van der Waals surface area contributed by atoms with Crippen LogP contribution in [0.5, 0.6) is 5.75 Å². The Kier molecular flexibility index (Phi) is 3.60. The highest BCUT2D eigenvalue weighted by Crippen LogP contribution is 2.34. The quantitative estimate of drug-likeness (QED) is 0.651. The minimum Gasteiger partial charge on any atom is -0.497 e. The van der Waals surface area contributed by atoms with Gasteiger partial charge < -0.3 is 19.4 Å². The van der Waals surface area contributed by atoms with E-state index in [0.29, 0.717) is 23.4 Å². The highest BCUT2D eigenvalue weighted by Gasteiger charge is 2.53. The maximum Gasteiger partial charge on any atom is 0.322 e. The van der Waals surface area contributed by atoms with Gasteiger partial charge in [-0.3, -0.25) is 19.9 Å². The lowest BCUT2D eigenvalue weighted by molar-refractivity contribution is -0.125. The second-order valence-electron chi connectivity index (χ2n) is 7.02. The first-order valence-corrected chi connectivity index (χ1v) is 8.94. The molecule has 0 radical (unpaired) electrons. The normalized spacial score (nSPS) is 20.7. The van der Waals surface area contributed by atoms with Gasteiger partial charge in [-0.2, -0.15) is 0 Å². The van der Waals surface area contributed by atoms with E-state index in [-0.39, 0.29) is 18.2 Å². The summed E-state index contributed by atoms with van der Waals surface area (Å²) in [4.78, 5) is 43.3. The lowest BCUT2D eigenvalue weighted by Gasteiger charge is -2.29. The number of amides is 4. The molecule has 2 aliphatic rings. The minimum absolute atomic E-state index is 0.0757. The number of aromatic nitrogens is 1. The summed E-state index contributed by atoms with van der Waals surface area (Å²) in [5, 5.41) is 5.65. The van der Waals surface area contributed by atoms with Crippen molar-refractivity contribution < 1.29 is 23.5 Å². The number of pyridine rings is 1. The van der Waals surface area contributed by atoms with E-state index in [4.69, 9.17) is 9.15 Å². The number of hydrogen-bond donors (Lipinski definition) is 2. The minimum atomic E-state index is -1.53. The molecule has 3 aromatic rings. The standard InChI is InChI=1S/C20H16N4O5/c1-28-13-3-2-12-9-24(17(25)14(12)7-13)10-20(18(26)22-19(27)23-20)16-6-11-4-5-21-8-15(11)29-16/h2-8H,9-10H2,1H3,(H2,22,23,26,27)/t20-/m0/s1. The van der Waals surface area contributed by atoms with Gasteiger partial charge in [-0.25, -0.2) is 4.79 Å². The van der Waals surface area contributed by atoms with Gasteiger partial charge in [0.1, 0.15) is 11.5 Å². The molecule has 0 bridgehead atoms. The number of ether oxygens (including phenoxy) is 1. The van der Waals surface area contributed by atoms with Crippen molar-refractivity contribution in [3.8, 4) is 5.75 Å². The lowest BCUT2D eigenvalue weighted by atomic mass is 9.95. The van der Waals surface area contributed by atoms with Crippen molar-refractivity contribution in [1.82, 2.24) is 20.5 Å². The average Bonchev–Trinajstić information content (AvgIpc) is 3.36. The second kappa shape index (κ2) is 6.06. The zero-order chi connectivity index (χ0) is 20.2. The van der Waals surface area contributed by atoms with Crippen LogP contribution in [0.4, 0.5) is 4.79 Å². The monoisotopic (exact) mass is 392 g/mol. The number of nitrogens with one attached hydrogen (secondary N) is 2. The smallest absolute Gasteiger partial charge is 0.322 e. The van der Waals surface area contributed by atoms with Crippen LogP contribution in [0, 0.1) is 0 Å². The third-order valence-electron chi connectivity index (χ3n) is 5.31. The van der Waals surface area contributed by atoms with Crippen LogP contribution in [0.3, 0.4) is 0 Å². The molecule has 0 saturated carbocycles. The molecule has 4 heterocycles. The Labute approximate surface area is 164 Å². The fourth-order valence-electron chi connectivity index (χ4n) is 3.83. The van der Waals surface area contributed by atoms with Crippen LogP contribution in [-0.2, 0) is 16.9 Å². The van der Waals surface area contributed by atoms with Gasteiger partial charge in [0.25, 0.3) is 11.8 Å². The summed E-state index contributed by atoms with van der Waals surface area (Å²) in [6, 6.07) is 8.05. The summed E-state index contributed by atoms with van der Waals surface area (Å²) in [7, 11) is 1.53. The maximum atomic E-state index is 13.0. The number of hydrogen-bond acceptors (Lipinski definition) is 6. The molecule has 1 aromatic carbocycles. The molecule has 1 saturated heterocycles. The summed E-state index contributed by atoms with van der Waals surface area (Å²) in [6.45, 7) is 0.235. The van der Waals surface area contributed by atoms with Crippen LogP contribution >= 0.6 is 0 Å². The number of rotatable bonds is 4. The Morgan fingerprint density at radius 2 is 2.10 bits per heavy atom. The molecular formula is C20H16N4O5. The van der Waals surface area contributed by atoms with Crippen LogP contribution in [-0.4, -0.2) is 41.4 Å². The molecule has 2 aromatic heterocycles. The van der Waals surface area contributed by atoms with Gasteiger partial charge in [0.2, 0.25) is 0 Å². The number of methoxy groups -OCH3 is 1. The summed E-state index contributed by atoms with van der Waals surface area (Å²) < 4.78 is 11.0. The first-order chi connectivity index (χ1) is 14.0. The fraction of sp³-hybridized carbons (Fsp3) is 0.200. The zero-order valence-corrected chi connectivity index (χ0v) is 15.4. The van der Waals surface area contributed by atoms with Crippen molar-refractivity contribution in [3.63, 3.8) is 0 Å². The number of imide groups is 1. The van der Waals surface area contributed by atoms with Crippen LogP contribution in [0.2, 0.25) is 0 Å². The number of nitrogens with zero attached hydrogens (tertiary/aromatic N) is 2. The van der Waals surface area contributed by atoms with Crippen molar-refractivity contribution in [2.45, 2.75) is 12.1 Å². The molecule has 9 nitrogen and oxygen atoms in total. The second-order valence-corrected chi connectivity index (χ2v) is 7.02. The van der Waals surface area contributed by atoms with E-state index in [1.807, 2.05) is 6.07 Å². The molecule has 2 aliphatic heterocycles. The van der Waals surface area contributed by atoms with Gasteiger partial charge >= 0.3 is 6.03 Å². The van der Waals surface area contributed by atoms with Gasteiger partial charge in [0, 0.05) is 23.7 Å². The van der Waals surface area contributed by atoms with E-state index in [1.54, 1.807) is 30.5 Å². The van der Waals surface area contributed by atoms with Crippen molar-refractivity contribution >= 4 is 28.8 Å². The maximum absolute atomic E-state index is 13.0. The van der Waals surface area contributed by atoms with Crippen LogP contribution in [0.15, 0.2) is 47.1 Å².